The van der Waals surface area contributed by atoms with E-state index >= 15 is 0 Å². The Morgan fingerprint density at radius 3 is 2.33 bits per heavy atom. The number of hydrogen-bond donors (Lipinski definition) is 2. The van der Waals surface area contributed by atoms with E-state index in [0.717, 1.165) is 37.4 Å². The van der Waals surface area contributed by atoms with Crippen molar-refractivity contribution < 1.29 is 18.9 Å². The number of methoxy groups -OCH3 is 3. The Labute approximate surface area is 178 Å². The molecule has 0 radical (unpaired) electrons. The fraction of sp³-hybridized carbons (Fsp3) is 0.435. The van der Waals surface area contributed by atoms with Gasteiger partial charge in [0.15, 0.2) is 17.5 Å². The fourth-order valence-corrected chi connectivity index (χ4v) is 3.75. The molecule has 7 heteroatoms. The molecular weight excluding hydrogens is 382 g/mol. The first-order valence-corrected chi connectivity index (χ1v) is 10.1. The molecule has 2 aromatic carbocycles. The molecule has 162 valence electrons. The average Bonchev–Trinajstić information content (AvgIpc) is 2.81. The predicted octanol–water partition coefficient (Wildman–Crippen LogP) is 2.87. The van der Waals surface area contributed by atoms with Gasteiger partial charge in [-0.1, -0.05) is 18.2 Å². The Balaban J connectivity index is 1.67. The highest BCUT2D eigenvalue weighted by molar-refractivity contribution is 5.78. The van der Waals surface area contributed by atoms with E-state index in [0.29, 0.717) is 30.5 Å². The molecule has 0 aromatic heterocycles. The Hall–Kier alpha value is -2.93. The van der Waals surface area contributed by atoms with Gasteiger partial charge in [0.2, 0.25) is 0 Å². The summed E-state index contributed by atoms with van der Waals surface area (Å²) in [5.41, 5.74) is 8.38. The zero-order valence-electron chi connectivity index (χ0n) is 17.9. The van der Waals surface area contributed by atoms with E-state index in [9.17, 15) is 0 Å². The maximum atomic E-state index is 6.18. The van der Waals surface area contributed by atoms with Crippen molar-refractivity contribution >= 4 is 5.96 Å². The Kier molecular flexibility index (Phi) is 7.41. The largest absolute Gasteiger partial charge is 0.497 e. The molecule has 1 saturated heterocycles. The number of ether oxygens (including phenoxy) is 4. The topological polar surface area (TPSA) is 87.3 Å². The number of rotatable bonds is 8. The molecule has 3 N–H and O–H groups in total. The molecule has 0 saturated carbocycles. The minimum Gasteiger partial charge on any atom is -0.497 e. The van der Waals surface area contributed by atoms with Gasteiger partial charge in [0.1, 0.15) is 5.75 Å². The second-order valence-electron chi connectivity index (χ2n) is 7.37. The lowest BCUT2D eigenvalue weighted by molar-refractivity contribution is 0.0514. The van der Waals surface area contributed by atoms with Crippen LogP contribution in [0.5, 0.6) is 17.2 Å². The Morgan fingerprint density at radius 1 is 1.00 bits per heavy atom. The van der Waals surface area contributed by atoms with Crippen molar-refractivity contribution in [2.45, 2.75) is 24.8 Å². The summed E-state index contributed by atoms with van der Waals surface area (Å²) in [5.74, 6) is 2.64. The zero-order valence-corrected chi connectivity index (χ0v) is 17.9. The molecule has 0 atom stereocenters. The SMILES string of the molecule is COc1ccc(C2(CNC(N)=NCc3ccc(OC)c(OC)c3)CCOCC2)cc1. The zero-order chi connectivity index (χ0) is 21.4. The summed E-state index contributed by atoms with van der Waals surface area (Å²) >= 11 is 0. The van der Waals surface area contributed by atoms with Crippen molar-refractivity contribution in [1.82, 2.24) is 5.32 Å². The van der Waals surface area contributed by atoms with E-state index < -0.39 is 0 Å². The molecular formula is C23H31N3O4. The summed E-state index contributed by atoms with van der Waals surface area (Å²) in [5, 5.41) is 3.33. The highest BCUT2D eigenvalue weighted by Crippen LogP contribution is 2.35. The molecule has 1 aliphatic rings. The van der Waals surface area contributed by atoms with Gasteiger partial charge in [-0.15, -0.1) is 0 Å². The number of benzene rings is 2. The van der Waals surface area contributed by atoms with Crippen LogP contribution in [0.25, 0.3) is 0 Å². The van der Waals surface area contributed by atoms with E-state index in [1.165, 1.54) is 5.56 Å². The number of nitrogens with zero attached hydrogens (tertiary/aromatic N) is 1. The molecule has 7 nitrogen and oxygen atoms in total. The molecule has 1 aliphatic heterocycles. The third kappa shape index (κ3) is 5.16. The maximum absolute atomic E-state index is 6.18. The molecule has 0 aliphatic carbocycles. The van der Waals surface area contributed by atoms with E-state index in [-0.39, 0.29) is 5.41 Å². The van der Waals surface area contributed by atoms with Crippen molar-refractivity contribution in [3.63, 3.8) is 0 Å². The number of aliphatic imine (C=N–C) groups is 1. The number of hydrogen-bond acceptors (Lipinski definition) is 5. The molecule has 0 amide bonds. The molecule has 1 fully saturated rings. The van der Waals surface area contributed by atoms with Gasteiger partial charge in [-0.25, -0.2) is 4.99 Å². The monoisotopic (exact) mass is 413 g/mol. The van der Waals surface area contributed by atoms with Gasteiger partial charge in [-0.05, 0) is 48.2 Å². The summed E-state index contributed by atoms with van der Waals surface area (Å²) in [6.07, 6.45) is 1.85. The van der Waals surface area contributed by atoms with E-state index in [1.54, 1.807) is 21.3 Å². The summed E-state index contributed by atoms with van der Waals surface area (Å²) < 4.78 is 21.5. The average molecular weight is 414 g/mol. The third-order valence-corrected chi connectivity index (χ3v) is 5.64. The molecule has 1 heterocycles. The first-order chi connectivity index (χ1) is 14.6. The minimum atomic E-state index is -0.0476. The highest BCUT2D eigenvalue weighted by Gasteiger charge is 2.34. The summed E-state index contributed by atoms with van der Waals surface area (Å²) in [4.78, 5) is 4.50. The van der Waals surface area contributed by atoms with Gasteiger partial charge in [0.05, 0.1) is 27.9 Å². The lowest BCUT2D eigenvalue weighted by atomic mass is 9.74. The van der Waals surface area contributed by atoms with E-state index in [1.807, 2.05) is 30.3 Å². The van der Waals surface area contributed by atoms with Gasteiger partial charge in [0.25, 0.3) is 0 Å². The number of nitrogens with two attached hydrogens (primary N) is 1. The molecule has 0 bridgehead atoms. The van der Waals surface area contributed by atoms with Crippen LogP contribution < -0.4 is 25.3 Å². The van der Waals surface area contributed by atoms with Crippen molar-refractivity contribution in [3.8, 4) is 17.2 Å². The van der Waals surface area contributed by atoms with Crippen molar-refractivity contribution in [2.75, 3.05) is 41.1 Å². The van der Waals surface area contributed by atoms with Gasteiger partial charge in [0, 0.05) is 25.2 Å². The predicted molar refractivity (Wildman–Crippen MR) is 118 cm³/mol. The van der Waals surface area contributed by atoms with Crippen molar-refractivity contribution in [3.05, 3.63) is 53.6 Å². The van der Waals surface area contributed by atoms with Crippen LogP contribution >= 0.6 is 0 Å². The van der Waals surface area contributed by atoms with Crippen LogP contribution in [0.3, 0.4) is 0 Å². The van der Waals surface area contributed by atoms with E-state index in [2.05, 4.69) is 22.4 Å². The van der Waals surface area contributed by atoms with Crippen molar-refractivity contribution in [2.24, 2.45) is 10.7 Å². The first kappa shape index (κ1) is 21.8. The first-order valence-electron chi connectivity index (χ1n) is 10.1. The maximum Gasteiger partial charge on any atom is 0.188 e. The standard InChI is InChI=1S/C23H31N3O4/c1-27-19-7-5-18(6-8-19)23(10-12-30-13-11-23)16-26-22(24)25-15-17-4-9-20(28-2)21(14-17)29-3/h4-9,14H,10-13,15-16H2,1-3H3,(H3,24,25,26). The lowest BCUT2D eigenvalue weighted by Crippen LogP contribution is -2.46. The van der Waals surface area contributed by atoms with Crippen LogP contribution in [0.4, 0.5) is 0 Å². The molecule has 30 heavy (non-hydrogen) atoms. The quantitative estimate of drug-likeness (QED) is 0.511. The second kappa shape index (κ2) is 10.2. The second-order valence-corrected chi connectivity index (χ2v) is 7.37. The molecule has 0 unspecified atom stereocenters. The van der Waals surface area contributed by atoms with Crippen LogP contribution in [-0.4, -0.2) is 47.0 Å². The molecule has 2 aromatic rings. The van der Waals surface area contributed by atoms with Crippen LogP contribution in [0.1, 0.15) is 24.0 Å². The molecule has 3 rings (SSSR count). The summed E-state index contributed by atoms with van der Waals surface area (Å²) in [6, 6.07) is 14.0. The van der Waals surface area contributed by atoms with Crippen LogP contribution in [0.15, 0.2) is 47.5 Å². The minimum absolute atomic E-state index is 0.0476. The van der Waals surface area contributed by atoms with E-state index in [4.69, 9.17) is 24.7 Å². The fourth-order valence-electron chi connectivity index (χ4n) is 3.75. The Bertz CT molecular complexity index is 846. The van der Waals surface area contributed by atoms with Crippen LogP contribution in [0.2, 0.25) is 0 Å². The number of guanidine groups is 1. The summed E-state index contributed by atoms with van der Waals surface area (Å²) in [6.45, 7) is 2.62. The summed E-state index contributed by atoms with van der Waals surface area (Å²) in [7, 11) is 4.91. The van der Waals surface area contributed by atoms with Crippen LogP contribution in [-0.2, 0) is 16.7 Å². The van der Waals surface area contributed by atoms with Gasteiger partial charge >= 0.3 is 0 Å². The molecule has 0 spiro atoms. The third-order valence-electron chi connectivity index (χ3n) is 5.64. The highest BCUT2D eigenvalue weighted by atomic mass is 16.5. The van der Waals surface area contributed by atoms with Gasteiger partial charge in [-0.2, -0.15) is 0 Å². The van der Waals surface area contributed by atoms with Gasteiger partial charge < -0.3 is 30.0 Å². The number of nitrogens with one attached hydrogen (secondary N) is 1. The van der Waals surface area contributed by atoms with Crippen molar-refractivity contribution in [1.29, 1.82) is 0 Å². The van der Waals surface area contributed by atoms with Crippen LogP contribution in [0, 0.1) is 0 Å². The Morgan fingerprint density at radius 2 is 1.70 bits per heavy atom. The lowest BCUT2D eigenvalue weighted by Gasteiger charge is -2.38. The smallest absolute Gasteiger partial charge is 0.188 e. The normalized spacial score (nSPS) is 16.0. The van der Waals surface area contributed by atoms with Gasteiger partial charge in [-0.3, -0.25) is 0 Å².